The summed E-state index contributed by atoms with van der Waals surface area (Å²) in [5, 5.41) is 7.56. The number of rotatable bonds is 1. The van der Waals surface area contributed by atoms with E-state index in [2.05, 4.69) is 20.2 Å². The quantitative estimate of drug-likeness (QED) is 0.649. The van der Waals surface area contributed by atoms with Crippen LogP contribution in [0, 0.1) is 6.92 Å². The van der Waals surface area contributed by atoms with Gasteiger partial charge >= 0.3 is 0 Å². The topological polar surface area (TPSA) is 51.6 Å². The van der Waals surface area contributed by atoms with E-state index in [9.17, 15) is 0 Å². The molecule has 0 fully saturated rings. The molecule has 0 N–H and O–H groups in total. The van der Waals surface area contributed by atoms with E-state index in [-0.39, 0.29) is 0 Å². The van der Waals surface area contributed by atoms with Gasteiger partial charge < -0.3 is 0 Å². The lowest BCUT2D eigenvalue weighted by Gasteiger charge is -2.00. The highest BCUT2D eigenvalue weighted by molar-refractivity contribution is 5.56. The fourth-order valence-corrected chi connectivity index (χ4v) is 1.05. The average molecular weight is 172 g/mol. The van der Waals surface area contributed by atoms with Crippen LogP contribution in [-0.2, 0) is 0 Å². The van der Waals surface area contributed by atoms with Gasteiger partial charge in [0.15, 0.2) is 5.82 Å². The number of hydrogen-bond donors (Lipinski definition) is 0. The van der Waals surface area contributed by atoms with Gasteiger partial charge in [-0.05, 0) is 18.6 Å². The Morgan fingerprint density at radius 1 is 1.00 bits per heavy atom. The Kier molecular flexibility index (Phi) is 1.96. The highest BCUT2D eigenvalue weighted by atomic mass is 15.1. The highest BCUT2D eigenvalue weighted by Crippen LogP contribution is 2.15. The maximum Gasteiger partial charge on any atom is 0.161 e. The van der Waals surface area contributed by atoms with E-state index in [4.69, 9.17) is 0 Å². The third kappa shape index (κ3) is 1.51. The summed E-state index contributed by atoms with van der Waals surface area (Å²) in [7, 11) is 0. The molecule has 0 aliphatic heterocycles. The fraction of sp³-hybridized carbons (Fsp3) is 0.111. The van der Waals surface area contributed by atoms with Crippen molar-refractivity contribution in [3.8, 4) is 11.4 Å². The molecular formula is C9H8N4. The first-order chi connectivity index (χ1) is 6.38. The lowest BCUT2D eigenvalue weighted by molar-refractivity contribution is 1.01. The molecule has 0 saturated carbocycles. The summed E-state index contributed by atoms with van der Waals surface area (Å²) in [6, 6.07) is 1.79. The number of aryl methyl sites for hydroxylation is 1. The Bertz CT molecular complexity index is 399. The Labute approximate surface area is 75.7 Å². The SMILES string of the molecule is Cc1cnncc1-c1ncccn1. The zero-order chi connectivity index (χ0) is 9.10. The van der Waals surface area contributed by atoms with Crippen molar-refractivity contribution in [3.05, 3.63) is 36.4 Å². The molecule has 0 amide bonds. The largest absolute Gasteiger partial charge is 0.237 e. The van der Waals surface area contributed by atoms with Crippen LogP contribution in [0.2, 0.25) is 0 Å². The van der Waals surface area contributed by atoms with Crippen LogP contribution in [0.15, 0.2) is 30.9 Å². The molecule has 2 aromatic heterocycles. The summed E-state index contributed by atoms with van der Waals surface area (Å²) in [6.45, 7) is 1.96. The number of hydrogen-bond acceptors (Lipinski definition) is 4. The smallest absolute Gasteiger partial charge is 0.161 e. The molecular weight excluding hydrogens is 164 g/mol. The van der Waals surface area contributed by atoms with Gasteiger partial charge in [0.2, 0.25) is 0 Å². The molecule has 4 nitrogen and oxygen atoms in total. The molecule has 13 heavy (non-hydrogen) atoms. The lowest BCUT2D eigenvalue weighted by Crippen LogP contribution is -1.92. The van der Waals surface area contributed by atoms with Crippen LogP contribution in [0.5, 0.6) is 0 Å². The maximum absolute atomic E-state index is 4.13. The van der Waals surface area contributed by atoms with E-state index in [1.807, 2.05) is 6.92 Å². The minimum absolute atomic E-state index is 0.690. The molecule has 2 rings (SSSR count). The Balaban J connectivity index is 2.54. The molecule has 64 valence electrons. The summed E-state index contributed by atoms with van der Waals surface area (Å²) in [6.07, 6.45) is 6.79. The van der Waals surface area contributed by atoms with Crippen LogP contribution >= 0.6 is 0 Å². The van der Waals surface area contributed by atoms with Crippen molar-refractivity contribution in [2.24, 2.45) is 0 Å². The minimum atomic E-state index is 0.690. The first kappa shape index (κ1) is 7.79. The second-order valence-electron chi connectivity index (χ2n) is 2.66. The highest BCUT2D eigenvalue weighted by Gasteiger charge is 2.02. The van der Waals surface area contributed by atoms with E-state index in [0.717, 1.165) is 11.1 Å². The summed E-state index contributed by atoms with van der Waals surface area (Å²) in [4.78, 5) is 8.26. The molecule has 0 radical (unpaired) electrons. The molecule has 0 atom stereocenters. The number of nitrogens with zero attached hydrogens (tertiary/aromatic N) is 4. The lowest BCUT2D eigenvalue weighted by atomic mass is 10.2. The van der Waals surface area contributed by atoms with Gasteiger partial charge in [-0.1, -0.05) is 0 Å². The monoisotopic (exact) mass is 172 g/mol. The van der Waals surface area contributed by atoms with E-state index >= 15 is 0 Å². The minimum Gasteiger partial charge on any atom is -0.237 e. The van der Waals surface area contributed by atoms with E-state index in [0.29, 0.717) is 5.82 Å². The van der Waals surface area contributed by atoms with Crippen LogP contribution in [0.4, 0.5) is 0 Å². The van der Waals surface area contributed by atoms with Gasteiger partial charge in [-0.2, -0.15) is 10.2 Å². The Morgan fingerprint density at radius 3 is 2.38 bits per heavy atom. The average Bonchev–Trinajstić information content (AvgIpc) is 2.20. The van der Waals surface area contributed by atoms with Crippen molar-refractivity contribution in [1.82, 2.24) is 20.2 Å². The molecule has 0 aromatic carbocycles. The molecule has 0 unspecified atom stereocenters. The predicted molar refractivity (Wildman–Crippen MR) is 47.8 cm³/mol. The van der Waals surface area contributed by atoms with Crippen molar-refractivity contribution in [2.45, 2.75) is 6.92 Å². The molecule has 0 aliphatic rings. The van der Waals surface area contributed by atoms with Gasteiger partial charge in [0.1, 0.15) is 0 Å². The molecule has 0 bridgehead atoms. The van der Waals surface area contributed by atoms with E-state index in [1.165, 1.54) is 0 Å². The third-order valence-electron chi connectivity index (χ3n) is 1.74. The van der Waals surface area contributed by atoms with Gasteiger partial charge in [-0.15, -0.1) is 0 Å². The zero-order valence-corrected chi connectivity index (χ0v) is 7.18. The predicted octanol–water partition coefficient (Wildman–Crippen LogP) is 1.24. The summed E-state index contributed by atoms with van der Waals surface area (Å²) >= 11 is 0. The first-order valence-corrected chi connectivity index (χ1v) is 3.92. The molecule has 0 aliphatic carbocycles. The van der Waals surface area contributed by atoms with Crippen LogP contribution in [0.3, 0.4) is 0 Å². The molecule has 2 heterocycles. The first-order valence-electron chi connectivity index (χ1n) is 3.92. The van der Waals surface area contributed by atoms with Gasteiger partial charge in [0.25, 0.3) is 0 Å². The van der Waals surface area contributed by atoms with Gasteiger partial charge in [0.05, 0.1) is 12.4 Å². The summed E-state index contributed by atoms with van der Waals surface area (Å²) in [5.74, 6) is 0.690. The Morgan fingerprint density at radius 2 is 1.69 bits per heavy atom. The summed E-state index contributed by atoms with van der Waals surface area (Å²) in [5.41, 5.74) is 1.96. The maximum atomic E-state index is 4.13. The van der Waals surface area contributed by atoms with Gasteiger partial charge in [-0.25, -0.2) is 9.97 Å². The third-order valence-corrected chi connectivity index (χ3v) is 1.74. The summed E-state index contributed by atoms with van der Waals surface area (Å²) < 4.78 is 0. The van der Waals surface area contributed by atoms with Crippen LogP contribution in [-0.4, -0.2) is 20.2 Å². The van der Waals surface area contributed by atoms with Gasteiger partial charge in [0, 0.05) is 18.0 Å². The van der Waals surface area contributed by atoms with Crippen molar-refractivity contribution >= 4 is 0 Å². The standard InChI is InChI=1S/C9H8N4/c1-7-5-12-13-6-8(7)9-10-3-2-4-11-9/h2-6H,1H3. The van der Waals surface area contributed by atoms with Crippen molar-refractivity contribution in [3.63, 3.8) is 0 Å². The molecule has 2 aromatic rings. The zero-order valence-electron chi connectivity index (χ0n) is 7.18. The van der Waals surface area contributed by atoms with Gasteiger partial charge in [-0.3, -0.25) is 0 Å². The molecule has 4 heteroatoms. The normalized spacial score (nSPS) is 9.92. The molecule has 0 spiro atoms. The van der Waals surface area contributed by atoms with Crippen LogP contribution in [0.1, 0.15) is 5.56 Å². The van der Waals surface area contributed by atoms with E-state index < -0.39 is 0 Å². The fourth-order valence-electron chi connectivity index (χ4n) is 1.05. The van der Waals surface area contributed by atoms with Crippen LogP contribution < -0.4 is 0 Å². The van der Waals surface area contributed by atoms with Crippen molar-refractivity contribution in [2.75, 3.05) is 0 Å². The second kappa shape index (κ2) is 3.26. The van der Waals surface area contributed by atoms with E-state index in [1.54, 1.807) is 30.9 Å². The van der Waals surface area contributed by atoms with Crippen molar-refractivity contribution < 1.29 is 0 Å². The van der Waals surface area contributed by atoms with Crippen LogP contribution in [0.25, 0.3) is 11.4 Å². The number of aromatic nitrogens is 4. The second-order valence-corrected chi connectivity index (χ2v) is 2.66. The Hall–Kier alpha value is -1.84. The molecule has 0 saturated heterocycles. The van der Waals surface area contributed by atoms with Crippen molar-refractivity contribution in [1.29, 1.82) is 0 Å².